The third kappa shape index (κ3) is 3.72. The number of nitrogens with one attached hydrogen (secondary N) is 2. The van der Waals surface area contributed by atoms with Crippen LogP contribution in [-0.2, 0) is 13.0 Å². The van der Waals surface area contributed by atoms with E-state index >= 15 is 0 Å². The molecule has 0 fully saturated rings. The fourth-order valence-electron chi connectivity index (χ4n) is 2.81. The highest BCUT2D eigenvalue weighted by Crippen LogP contribution is 2.23. The monoisotopic (exact) mass is 333 g/mol. The molecule has 6 nitrogen and oxygen atoms in total. The molecule has 3 rings (SSSR count). The van der Waals surface area contributed by atoms with Crippen LogP contribution in [0.2, 0.25) is 0 Å². The highest BCUT2D eigenvalue weighted by atomic mass is 32.1. The van der Waals surface area contributed by atoms with Gasteiger partial charge in [0.05, 0.1) is 6.04 Å². The Morgan fingerprint density at radius 1 is 1.57 bits per heavy atom. The minimum Gasteiger partial charge on any atom is -0.338 e. The van der Waals surface area contributed by atoms with Crippen molar-refractivity contribution in [2.75, 3.05) is 6.54 Å². The molecule has 0 bridgehead atoms. The Morgan fingerprint density at radius 3 is 3.17 bits per heavy atom. The number of nitrogens with zero attached hydrogens (tertiary/aromatic N) is 3. The smallest absolute Gasteiger partial charge is 0.315 e. The molecule has 2 amide bonds. The highest BCUT2D eigenvalue weighted by molar-refractivity contribution is 7.10. The summed E-state index contributed by atoms with van der Waals surface area (Å²) in [6.07, 6.45) is 2.74. The van der Waals surface area contributed by atoms with E-state index in [1.165, 1.54) is 4.88 Å². The molecule has 1 aliphatic rings. The standard InChI is InChI=1S/C16H23N5OS/c1-3-14-19-15-12(6-4-8-21(15)20-14)18-16(22)17-10-11(2)13-7-5-9-23-13/h5,7,9,11-12H,3-4,6,8,10H2,1-2H3,(H2,17,18,22)/t11-,12-/m1/s1. The van der Waals surface area contributed by atoms with Crippen molar-refractivity contribution in [1.29, 1.82) is 0 Å². The van der Waals surface area contributed by atoms with E-state index in [2.05, 4.69) is 39.1 Å². The summed E-state index contributed by atoms with van der Waals surface area (Å²) in [7, 11) is 0. The lowest BCUT2D eigenvalue weighted by Crippen LogP contribution is -2.41. The molecule has 0 spiro atoms. The van der Waals surface area contributed by atoms with E-state index < -0.39 is 0 Å². The number of carbonyl (C=O) groups is 1. The first-order valence-corrected chi connectivity index (χ1v) is 9.06. The number of aromatic nitrogens is 3. The van der Waals surface area contributed by atoms with Crippen LogP contribution in [0.3, 0.4) is 0 Å². The van der Waals surface area contributed by atoms with Crippen molar-refractivity contribution >= 4 is 17.4 Å². The summed E-state index contributed by atoms with van der Waals surface area (Å²) in [6, 6.07) is 3.96. The van der Waals surface area contributed by atoms with Gasteiger partial charge in [-0.25, -0.2) is 14.5 Å². The number of urea groups is 1. The lowest BCUT2D eigenvalue weighted by atomic mass is 10.1. The third-order valence-corrected chi connectivity index (χ3v) is 5.24. The zero-order valence-corrected chi connectivity index (χ0v) is 14.4. The molecule has 3 heterocycles. The highest BCUT2D eigenvalue weighted by Gasteiger charge is 2.25. The maximum Gasteiger partial charge on any atom is 0.315 e. The molecule has 2 N–H and O–H groups in total. The van der Waals surface area contributed by atoms with Crippen molar-refractivity contribution in [3.63, 3.8) is 0 Å². The average Bonchev–Trinajstić information content (AvgIpc) is 3.22. The Labute approximate surface area is 140 Å². The Balaban J connectivity index is 1.55. The van der Waals surface area contributed by atoms with Gasteiger partial charge in [-0.15, -0.1) is 11.3 Å². The molecule has 0 saturated heterocycles. The van der Waals surface area contributed by atoms with Crippen molar-refractivity contribution < 1.29 is 4.79 Å². The molecule has 124 valence electrons. The van der Waals surface area contributed by atoms with Gasteiger partial charge in [-0.05, 0) is 24.3 Å². The quantitative estimate of drug-likeness (QED) is 0.884. The van der Waals surface area contributed by atoms with Crippen LogP contribution in [0.15, 0.2) is 17.5 Å². The van der Waals surface area contributed by atoms with Crippen LogP contribution < -0.4 is 10.6 Å². The normalized spacial score (nSPS) is 18.3. The second-order valence-corrected chi connectivity index (χ2v) is 6.91. The first kappa shape index (κ1) is 16.0. The summed E-state index contributed by atoms with van der Waals surface area (Å²) in [5, 5.41) is 12.5. The fourth-order valence-corrected chi connectivity index (χ4v) is 3.60. The van der Waals surface area contributed by atoms with E-state index in [4.69, 9.17) is 0 Å². The van der Waals surface area contributed by atoms with Crippen molar-refractivity contribution in [3.8, 4) is 0 Å². The van der Waals surface area contributed by atoms with Crippen LogP contribution in [0, 0.1) is 0 Å². The second kappa shape index (κ2) is 7.12. The third-order valence-electron chi connectivity index (χ3n) is 4.14. The lowest BCUT2D eigenvalue weighted by Gasteiger charge is -2.23. The number of carbonyl (C=O) groups excluding carboxylic acids is 1. The van der Waals surface area contributed by atoms with Gasteiger partial charge in [0, 0.05) is 30.3 Å². The number of hydrogen-bond acceptors (Lipinski definition) is 4. The molecule has 0 saturated carbocycles. The molecule has 2 aromatic heterocycles. The van der Waals surface area contributed by atoms with Crippen molar-refractivity contribution in [1.82, 2.24) is 25.4 Å². The predicted molar refractivity (Wildman–Crippen MR) is 90.6 cm³/mol. The number of rotatable bonds is 5. The van der Waals surface area contributed by atoms with E-state index in [1.807, 2.05) is 17.7 Å². The van der Waals surface area contributed by atoms with Gasteiger partial charge in [-0.3, -0.25) is 0 Å². The molecule has 23 heavy (non-hydrogen) atoms. The number of thiophene rings is 1. The van der Waals surface area contributed by atoms with Gasteiger partial charge in [-0.2, -0.15) is 5.10 Å². The van der Waals surface area contributed by atoms with Crippen LogP contribution in [0.4, 0.5) is 4.79 Å². The number of amides is 2. The van der Waals surface area contributed by atoms with E-state index in [0.29, 0.717) is 12.5 Å². The maximum absolute atomic E-state index is 12.2. The Kier molecular flexibility index (Phi) is 4.95. The number of aryl methyl sites for hydroxylation is 2. The van der Waals surface area contributed by atoms with Crippen molar-refractivity contribution in [2.24, 2.45) is 0 Å². The Bertz CT molecular complexity index is 651. The first-order valence-electron chi connectivity index (χ1n) is 8.18. The zero-order chi connectivity index (χ0) is 16.2. The van der Waals surface area contributed by atoms with Crippen LogP contribution >= 0.6 is 11.3 Å². The summed E-state index contributed by atoms with van der Waals surface area (Å²) < 4.78 is 1.93. The second-order valence-electron chi connectivity index (χ2n) is 5.93. The molecule has 0 aliphatic carbocycles. The Morgan fingerprint density at radius 2 is 2.43 bits per heavy atom. The van der Waals surface area contributed by atoms with Gasteiger partial charge in [0.2, 0.25) is 0 Å². The van der Waals surface area contributed by atoms with Crippen molar-refractivity contribution in [2.45, 2.75) is 51.6 Å². The molecular weight excluding hydrogens is 310 g/mol. The average molecular weight is 333 g/mol. The molecule has 0 aromatic carbocycles. The number of fused-ring (bicyclic) bond motifs is 1. The maximum atomic E-state index is 12.2. The summed E-state index contributed by atoms with van der Waals surface area (Å²) in [5.41, 5.74) is 0. The van der Waals surface area contributed by atoms with Crippen LogP contribution in [0.25, 0.3) is 0 Å². The number of hydrogen-bond donors (Lipinski definition) is 2. The van der Waals surface area contributed by atoms with Crippen LogP contribution in [0.5, 0.6) is 0 Å². The summed E-state index contributed by atoms with van der Waals surface area (Å²) in [4.78, 5) is 18.0. The van der Waals surface area contributed by atoms with E-state index in [-0.39, 0.29) is 12.1 Å². The fraction of sp³-hybridized carbons (Fsp3) is 0.562. The molecule has 2 aromatic rings. The van der Waals surface area contributed by atoms with Crippen LogP contribution in [0.1, 0.15) is 55.2 Å². The van der Waals surface area contributed by atoms with Gasteiger partial charge < -0.3 is 10.6 Å². The summed E-state index contributed by atoms with van der Waals surface area (Å²) in [5.74, 6) is 2.05. The van der Waals surface area contributed by atoms with Gasteiger partial charge in [0.25, 0.3) is 0 Å². The molecule has 0 radical (unpaired) electrons. The topological polar surface area (TPSA) is 71.8 Å². The summed E-state index contributed by atoms with van der Waals surface area (Å²) >= 11 is 1.72. The predicted octanol–water partition coefficient (Wildman–Crippen LogP) is 2.84. The minimum absolute atomic E-state index is 0.0476. The minimum atomic E-state index is -0.132. The zero-order valence-electron chi connectivity index (χ0n) is 13.6. The van der Waals surface area contributed by atoms with Gasteiger partial charge in [0.15, 0.2) is 5.82 Å². The molecular formula is C16H23N5OS. The molecule has 1 aliphatic heterocycles. The van der Waals surface area contributed by atoms with Gasteiger partial charge in [0.1, 0.15) is 5.82 Å². The van der Waals surface area contributed by atoms with E-state index in [1.54, 1.807) is 11.3 Å². The van der Waals surface area contributed by atoms with E-state index in [9.17, 15) is 4.79 Å². The molecule has 2 atom stereocenters. The van der Waals surface area contributed by atoms with Crippen molar-refractivity contribution in [3.05, 3.63) is 34.0 Å². The van der Waals surface area contributed by atoms with Crippen LogP contribution in [-0.4, -0.2) is 27.3 Å². The molecule has 0 unspecified atom stereocenters. The Hall–Kier alpha value is -1.89. The lowest BCUT2D eigenvalue weighted by molar-refractivity contribution is 0.232. The SMILES string of the molecule is CCc1nc2n(n1)CCC[C@H]2NC(=O)NC[C@@H](C)c1cccs1. The van der Waals surface area contributed by atoms with Gasteiger partial charge >= 0.3 is 6.03 Å². The van der Waals surface area contributed by atoms with E-state index in [0.717, 1.165) is 37.5 Å². The largest absolute Gasteiger partial charge is 0.338 e. The summed E-state index contributed by atoms with van der Waals surface area (Å²) in [6.45, 7) is 5.68. The molecule has 7 heteroatoms. The van der Waals surface area contributed by atoms with Gasteiger partial charge in [-0.1, -0.05) is 19.9 Å². The first-order chi connectivity index (χ1) is 11.2.